The van der Waals surface area contributed by atoms with Crippen molar-refractivity contribution in [1.29, 1.82) is 0 Å². The van der Waals surface area contributed by atoms with Gasteiger partial charge in [-0.05, 0) is 71.0 Å². The summed E-state index contributed by atoms with van der Waals surface area (Å²) >= 11 is 0. The zero-order valence-electron chi connectivity index (χ0n) is 37.0. The molecule has 0 radical (unpaired) electrons. The summed E-state index contributed by atoms with van der Waals surface area (Å²) in [6.45, 7) is 4.28. The van der Waals surface area contributed by atoms with Crippen molar-refractivity contribution < 1.29 is 24.1 Å². The second-order valence-corrected chi connectivity index (χ2v) is 16.4. The number of hydrogen-bond acceptors (Lipinski definition) is 10. The summed E-state index contributed by atoms with van der Waals surface area (Å²) in [6, 6.07) is 56.5. The predicted octanol–water partition coefficient (Wildman–Crippen LogP) is 9.27. The number of aliphatic hydroxyl groups is 1. The van der Waals surface area contributed by atoms with Gasteiger partial charge in [0.05, 0.1) is 33.2 Å². The van der Waals surface area contributed by atoms with E-state index in [1.807, 2.05) is 114 Å². The molecule has 1 aliphatic heterocycles. The number of imidazole rings is 1. The molecule has 1 aliphatic rings. The molecule has 11 heteroatoms. The van der Waals surface area contributed by atoms with E-state index in [1.54, 1.807) is 26.9 Å². The maximum atomic E-state index is 12.4. The van der Waals surface area contributed by atoms with Crippen LogP contribution in [-0.4, -0.2) is 69.7 Å². The second-order valence-electron chi connectivity index (χ2n) is 16.4. The van der Waals surface area contributed by atoms with Crippen LogP contribution in [0, 0.1) is 0 Å². The largest absolute Gasteiger partial charge is 0.497 e. The molecule has 11 nitrogen and oxygen atoms in total. The number of rotatable bonds is 17. The molecule has 8 aromatic rings. The fourth-order valence-corrected chi connectivity index (χ4v) is 9.12. The van der Waals surface area contributed by atoms with E-state index in [-0.39, 0.29) is 12.6 Å². The molecule has 0 saturated carbocycles. The third-order valence-electron chi connectivity index (χ3n) is 12.7. The number of nitrogens with zero attached hydrogens (tertiary/aromatic N) is 4. The highest BCUT2D eigenvalue weighted by atomic mass is 16.6. The Bertz CT molecular complexity index is 2680. The average molecular weight is 867 g/mol. The van der Waals surface area contributed by atoms with E-state index in [2.05, 4.69) is 85.1 Å². The van der Waals surface area contributed by atoms with Crippen LogP contribution in [0.4, 0.5) is 5.82 Å². The van der Waals surface area contributed by atoms with Gasteiger partial charge in [-0.25, -0.2) is 15.0 Å². The van der Waals surface area contributed by atoms with Crippen LogP contribution < -0.4 is 20.1 Å². The Morgan fingerprint density at radius 3 is 1.63 bits per heavy atom. The van der Waals surface area contributed by atoms with Crippen molar-refractivity contribution in [3.05, 3.63) is 216 Å². The Labute approximate surface area is 380 Å². The summed E-state index contributed by atoms with van der Waals surface area (Å²) in [6.07, 6.45) is 1.69. The van der Waals surface area contributed by atoms with Gasteiger partial charge in [0, 0.05) is 6.04 Å². The Hall–Kier alpha value is -6.89. The number of hydrogen-bond donors (Lipinski definition) is 3. The summed E-state index contributed by atoms with van der Waals surface area (Å²) in [5.74, 6) is 2.01. The number of benzene rings is 6. The van der Waals surface area contributed by atoms with Crippen molar-refractivity contribution in [1.82, 2.24) is 24.8 Å². The third-order valence-corrected chi connectivity index (χ3v) is 12.7. The first-order chi connectivity index (χ1) is 31.9. The number of ether oxygens (including phenoxy) is 4. The van der Waals surface area contributed by atoms with Gasteiger partial charge in [0.2, 0.25) is 0 Å². The zero-order valence-corrected chi connectivity index (χ0v) is 37.0. The normalized spacial score (nSPS) is 18.0. The highest BCUT2D eigenvalue weighted by molar-refractivity contribution is 5.84. The van der Waals surface area contributed by atoms with Crippen LogP contribution in [0.2, 0.25) is 0 Å². The van der Waals surface area contributed by atoms with Gasteiger partial charge in [-0.1, -0.05) is 153 Å². The van der Waals surface area contributed by atoms with Crippen LogP contribution in [0.1, 0.15) is 59.9 Å². The van der Waals surface area contributed by atoms with Gasteiger partial charge >= 0.3 is 0 Å². The lowest BCUT2D eigenvalue weighted by Gasteiger charge is -2.37. The van der Waals surface area contributed by atoms with Crippen LogP contribution in [0.3, 0.4) is 0 Å². The topological polar surface area (TPSA) is 125 Å². The smallest absolute Gasteiger partial charge is 0.167 e. The first-order valence-corrected chi connectivity index (χ1v) is 22.1. The highest BCUT2D eigenvalue weighted by Crippen LogP contribution is 2.44. The number of methoxy groups -OCH3 is 2. The molecule has 1 unspecified atom stereocenters. The fourth-order valence-electron chi connectivity index (χ4n) is 9.12. The van der Waals surface area contributed by atoms with Crippen molar-refractivity contribution in [3.63, 3.8) is 0 Å². The van der Waals surface area contributed by atoms with Crippen molar-refractivity contribution in [2.75, 3.05) is 26.1 Å². The van der Waals surface area contributed by atoms with Gasteiger partial charge in [0.1, 0.15) is 41.2 Å². The Morgan fingerprint density at radius 2 is 1.12 bits per heavy atom. The number of aliphatic hydroxyl groups excluding tert-OH is 1. The maximum absolute atomic E-state index is 12.4. The maximum Gasteiger partial charge on any atom is 0.167 e. The van der Waals surface area contributed by atoms with Crippen molar-refractivity contribution in [3.8, 4) is 11.5 Å². The molecule has 3 heterocycles. The summed E-state index contributed by atoms with van der Waals surface area (Å²) in [5, 5.41) is 19.9. The van der Waals surface area contributed by atoms with Crippen LogP contribution >= 0.6 is 0 Å². The van der Waals surface area contributed by atoms with Gasteiger partial charge in [0.15, 0.2) is 23.2 Å². The average Bonchev–Trinajstić information content (AvgIpc) is 3.95. The van der Waals surface area contributed by atoms with Crippen LogP contribution in [0.5, 0.6) is 11.5 Å². The van der Waals surface area contributed by atoms with E-state index in [0.717, 1.165) is 51.3 Å². The minimum Gasteiger partial charge on any atom is -0.497 e. The van der Waals surface area contributed by atoms with Gasteiger partial charge in [-0.15, -0.1) is 0 Å². The molecule has 0 bridgehead atoms. The van der Waals surface area contributed by atoms with Crippen molar-refractivity contribution in [2.24, 2.45) is 0 Å². The highest BCUT2D eigenvalue weighted by Gasteiger charge is 2.48. The molecular weight excluding hydrogens is 813 g/mol. The number of fused-ring (bicyclic) bond motifs is 1. The number of anilines is 1. The molecule has 1 saturated heterocycles. The molecule has 0 amide bonds. The summed E-state index contributed by atoms with van der Waals surface area (Å²) in [5.41, 5.74) is 4.88. The van der Waals surface area contributed by atoms with Crippen LogP contribution in [-0.2, 0) is 20.6 Å². The quantitative estimate of drug-likeness (QED) is 0.0764. The number of nitrogens with one attached hydrogen (secondary N) is 2. The van der Waals surface area contributed by atoms with E-state index in [9.17, 15) is 5.11 Å². The minimum absolute atomic E-state index is 0.0547. The first-order valence-electron chi connectivity index (χ1n) is 22.1. The van der Waals surface area contributed by atoms with E-state index >= 15 is 0 Å². The monoisotopic (exact) mass is 866 g/mol. The first kappa shape index (κ1) is 43.4. The molecule has 65 heavy (non-hydrogen) atoms. The lowest BCUT2D eigenvalue weighted by Crippen LogP contribution is -2.48. The van der Waals surface area contributed by atoms with E-state index in [0.29, 0.717) is 17.0 Å². The predicted molar refractivity (Wildman–Crippen MR) is 253 cm³/mol. The number of aromatic nitrogens is 4. The molecule has 0 spiro atoms. The molecule has 1 fully saturated rings. The lowest BCUT2D eigenvalue weighted by atomic mass is 9.77. The molecule has 330 valence electrons. The van der Waals surface area contributed by atoms with Gasteiger partial charge in [-0.2, -0.15) is 0 Å². The van der Waals surface area contributed by atoms with E-state index < -0.39 is 35.6 Å². The van der Waals surface area contributed by atoms with Crippen molar-refractivity contribution >= 4 is 17.0 Å². The molecule has 0 aliphatic carbocycles. The van der Waals surface area contributed by atoms with Gasteiger partial charge in [0.25, 0.3) is 0 Å². The van der Waals surface area contributed by atoms with E-state index in [4.69, 9.17) is 33.9 Å². The van der Waals surface area contributed by atoms with Gasteiger partial charge < -0.3 is 34.7 Å². The summed E-state index contributed by atoms with van der Waals surface area (Å²) in [4.78, 5) is 14.7. The van der Waals surface area contributed by atoms with Crippen LogP contribution in [0.15, 0.2) is 183 Å². The summed E-state index contributed by atoms with van der Waals surface area (Å²) < 4.78 is 27.2. The standard InChI is InChI=1S/C54H54N6O5/c1-5-37(2)58-47-49(61)46(34-64-54(41-22-14-8-15-23-41,42-24-16-9-17-25-42)43-28-32-45(63-4)33-29-43)65-52(47)60-36-57-48-50(55-35-56-51(48)60)59-53(38-18-10-6-11-19-38,39-20-12-7-13-21-39)40-26-30-44(62-3)31-27-40/h6-33,35-37,46-47,49,52,58,61H,5,34H2,1-4H3,(H,55,56,59)/t37?,46-,47-,49-,52-/m1/s1. The molecule has 9 rings (SSSR count). The zero-order chi connectivity index (χ0) is 44.8. The minimum atomic E-state index is -1.06. The Kier molecular flexibility index (Phi) is 12.7. The Morgan fingerprint density at radius 1 is 0.646 bits per heavy atom. The lowest BCUT2D eigenvalue weighted by molar-refractivity contribution is -0.0932. The van der Waals surface area contributed by atoms with Crippen molar-refractivity contribution in [2.45, 2.75) is 61.9 Å². The SMILES string of the molecule is CCC(C)N[C@@H]1[C@H](O)[C@@H](COC(c2ccccc2)(c2ccccc2)c2ccc(OC)cc2)O[C@H]1n1cnc2c(NC(c3ccccc3)(c3ccccc3)c3ccc(OC)cc3)ncnc21. The third kappa shape index (κ3) is 8.24. The summed E-state index contributed by atoms with van der Waals surface area (Å²) in [7, 11) is 3.32. The second kappa shape index (κ2) is 19.1. The molecule has 3 N–H and O–H groups in total. The van der Waals surface area contributed by atoms with Crippen LogP contribution in [0.25, 0.3) is 11.2 Å². The molecular formula is C54H54N6O5. The van der Waals surface area contributed by atoms with Gasteiger partial charge in [-0.3, -0.25) is 4.57 Å². The fraction of sp³-hybridized carbons (Fsp3) is 0.241. The molecule has 2 aromatic heterocycles. The van der Waals surface area contributed by atoms with E-state index in [1.165, 1.54) is 0 Å². The molecule has 5 atom stereocenters. The molecule has 6 aromatic carbocycles. The Balaban J connectivity index is 1.11.